The van der Waals surface area contributed by atoms with Crippen molar-refractivity contribution in [3.8, 4) is 0 Å². The van der Waals surface area contributed by atoms with Crippen LogP contribution in [0.15, 0.2) is 0 Å². The maximum absolute atomic E-state index is 11.9. The van der Waals surface area contributed by atoms with Crippen LogP contribution in [-0.4, -0.2) is 60.8 Å². The molecule has 1 fully saturated rings. The van der Waals surface area contributed by atoms with Crippen molar-refractivity contribution in [2.45, 2.75) is 32.8 Å². The third-order valence-electron chi connectivity index (χ3n) is 2.77. The molecule has 0 aliphatic carbocycles. The van der Waals surface area contributed by atoms with E-state index in [1.54, 1.807) is 4.90 Å². The molecular weight excluding hydrogens is 379 g/mol. The number of nitrogens with zero attached hydrogens (tertiary/aromatic N) is 2. The van der Waals surface area contributed by atoms with E-state index in [9.17, 15) is 4.79 Å². The number of carbonyl (C=O) groups is 1. The van der Waals surface area contributed by atoms with Gasteiger partial charge in [0.1, 0.15) is 5.60 Å². The highest BCUT2D eigenvalue weighted by Crippen LogP contribution is 2.13. The van der Waals surface area contributed by atoms with E-state index in [2.05, 4.69) is 26.1 Å². The van der Waals surface area contributed by atoms with E-state index in [1.807, 2.05) is 20.8 Å². The van der Waals surface area contributed by atoms with Gasteiger partial charge in [-0.05, 0) is 27.2 Å². The van der Waals surface area contributed by atoms with E-state index in [-0.39, 0.29) is 6.09 Å². The first-order valence-corrected chi connectivity index (χ1v) is 9.81. The molecule has 0 spiro atoms. The summed E-state index contributed by atoms with van der Waals surface area (Å²) >= 11 is 2.12. The largest absolute Gasteiger partial charge is 0.444 e. The van der Waals surface area contributed by atoms with Crippen molar-refractivity contribution in [2.75, 3.05) is 39.3 Å². The van der Waals surface area contributed by atoms with Gasteiger partial charge < -0.3 is 13.8 Å². The lowest BCUT2D eigenvalue weighted by atomic mass is 10.2. The van der Waals surface area contributed by atoms with Crippen LogP contribution in [-0.2, 0) is 8.92 Å². The summed E-state index contributed by atoms with van der Waals surface area (Å²) in [5.74, 6) is 0. The van der Waals surface area contributed by atoms with Gasteiger partial charge in [-0.25, -0.2) is 4.79 Å². The zero-order valence-electron chi connectivity index (χ0n) is 11.9. The van der Waals surface area contributed by atoms with Gasteiger partial charge in [0.25, 0.3) is 0 Å². The monoisotopic (exact) mass is 402 g/mol. The molecule has 1 rings (SSSR count). The summed E-state index contributed by atoms with van der Waals surface area (Å²) in [4.78, 5) is 16.0. The summed E-state index contributed by atoms with van der Waals surface area (Å²) in [5.41, 5.74) is -0.414. The molecule has 0 radical (unpaired) electrons. The fourth-order valence-electron chi connectivity index (χ4n) is 1.86. The number of amides is 1. The number of carbonyl (C=O) groups excluding carboxylic acids is 1. The molecule has 112 valence electrons. The third-order valence-corrected chi connectivity index (χ3v) is 3.79. The summed E-state index contributed by atoms with van der Waals surface area (Å²) in [6.45, 7) is 10.8. The molecule has 5 nitrogen and oxygen atoms in total. The molecule has 0 aromatic rings. The highest BCUT2D eigenvalue weighted by Gasteiger charge is 2.25. The summed E-state index contributed by atoms with van der Waals surface area (Å²) in [6, 6.07) is 0. The lowest BCUT2D eigenvalue weighted by Gasteiger charge is -2.35. The van der Waals surface area contributed by atoms with Gasteiger partial charge >= 0.3 is 6.09 Å². The molecule has 7 heteroatoms. The zero-order chi connectivity index (χ0) is 14.3. The molecule has 1 aliphatic heterocycles. The Bertz CT molecular complexity index is 279. The quantitative estimate of drug-likeness (QED) is 0.402. The van der Waals surface area contributed by atoms with Crippen LogP contribution >= 0.6 is 30.4 Å². The Hall–Kier alpha value is 0.270. The Morgan fingerprint density at radius 3 is 2.42 bits per heavy atom. The zero-order valence-corrected chi connectivity index (χ0v) is 14.8. The van der Waals surface area contributed by atoms with Crippen LogP contribution in [0.3, 0.4) is 0 Å². The van der Waals surface area contributed by atoms with Crippen LogP contribution in [0.5, 0.6) is 0 Å². The number of rotatable bonds is 5. The molecule has 0 N–H and O–H groups in total. The molecule has 0 unspecified atom stereocenters. The van der Waals surface area contributed by atoms with Gasteiger partial charge in [0.05, 0.1) is 15.8 Å². The Kier molecular flexibility index (Phi) is 7.78. The van der Waals surface area contributed by atoms with Crippen LogP contribution in [0.4, 0.5) is 4.79 Å². The SMILES string of the molecule is CC(C)(C)OC(=O)N1CCN(CCCOSI)CC1. The number of hydrogen-bond acceptors (Lipinski definition) is 5. The average molecular weight is 402 g/mol. The topological polar surface area (TPSA) is 42.0 Å². The van der Waals surface area contributed by atoms with Crippen molar-refractivity contribution in [2.24, 2.45) is 0 Å². The van der Waals surface area contributed by atoms with Crippen LogP contribution < -0.4 is 0 Å². The van der Waals surface area contributed by atoms with Crippen LogP contribution in [0.1, 0.15) is 27.2 Å². The standard InChI is InChI=1S/C12H23IN2O3S/c1-12(2,3)18-11(16)15-8-6-14(7-9-15)5-4-10-17-19-13/h4-10H2,1-3H3. The normalized spacial score (nSPS) is 17.6. The Labute approximate surface area is 132 Å². The van der Waals surface area contributed by atoms with Crippen molar-refractivity contribution in [3.05, 3.63) is 0 Å². The maximum Gasteiger partial charge on any atom is 0.410 e. The fourth-order valence-corrected chi connectivity index (χ4v) is 2.58. The molecule has 0 aromatic carbocycles. The van der Waals surface area contributed by atoms with Gasteiger partial charge in [-0.15, -0.1) is 0 Å². The summed E-state index contributed by atoms with van der Waals surface area (Å²) < 4.78 is 10.6. The third kappa shape index (κ3) is 7.57. The van der Waals surface area contributed by atoms with Crippen molar-refractivity contribution in [1.82, 2.24) is 9.80 Å². The minimum absolute atomic E-state index is 0.197. The van der Waals surface area contributed by atoms with Crippen molar-refractivity contribution in [3.63, 3.8) is 0 Å². The molecule has 1 aliphatic rings. The number of halogens is 1. The molecule has 0 aromatic heterocycles. The van der Waals surface area contributed by atoms with Crippen molar-refractivity contribution >= 4 is 36.5 Å². The lowest BCUT2D eigenvalue weighted by molar-refractivity contribution is 0.0142. The van der Waals surface area contributed by atoms with Gasteiger partial charge in [-0.1, -0.05) is 0 Å². The Morgan fingerprint density at radius 1 is 1.26 bits per heavy atom. The van der Waals surface area contributed by atoms with Crippen molar-refractivity contribution in [1.29, 1.82) is 0 Å². The second-order valence-electron chi connectivity index (χ2n) is 5.55. The fraction of sp³-hybridized carbons (Fsp3) is 0.917. The highest BCUT2D eigenvalue weighted by molar-refractivity contribution is 14.2. The Morgan fingerprint density at radius 2 is 1.89 bits per heavy atom. The summed E-state index contributed by atoms with van der Waals surface area (Å²) in [5, 5.41) is 0. The molecule has 1 heterocycles. The van der Waals surface area contributed by atoms with Crippen LogP contribution in [0.2, 0.25) is 0 Å². The van der Waals surface area contributed by atoms with Crippen molar-refractivity contribution < 1.29 is 13.7 Å². The molecule has 0 bridgehead atoms. The van der Waals surface area contributed by atoms with Gasteiger partial charge in [-0.3, -0.25) is 4.90 Å². The molecular formula is C12H23IN2O3S. The van der Waals surface area contributed by atoms with E-state index in [0.717, 1.165) is 45.8 Å². The predicted molar refractivity (Wildman–Crippen MR) is 86.4 cm³/mol. The van der Waals surface area contributed by atoms with Crippen LogP contribution in [0.25, 0.3) is 0 Å². The first kappa shape index (κ1) is 17.3. The maximum atomic E-state index is 11.9. The van der Waals surface area contributed by atoms with Gasteiger partial charge in [-0.2, -0.15) is 0 Å². The lowest BCUT2D eigenvalue weighted by Crippen LogP contribution is -2.50. The Balaban J connectivity index is 2.19. The number of piperazine rings is 1. The second kappa shape index (κ2) is 8.53. The molecule has 0 saturated carbocycles. The minimum Gasteiger partial charge on any atom is -0.444 e. The van der Waals surface area contributed by atoms with E-state index < -0.39 is 5.60 Å². The number of ether oxygens (including phenoxy) is 1. The van der Waals surface area contributed by atoms with E-state index in [1.165, 1.54) is 9.21 Å². The molecule has 1 saturated heterocycles. The first-order valence-electron chi connectivity index (χ1n) is 6.53. The highest BCUT2D eigenvalue weighted by atomic mass is 127. The summed E-state index contributed by atoms with van der Waals surface area (Å²) in [7, 11) is 1.38. The predicted octanol–water partition coefficient (Wildman–Crippen LogP) is 2.94. The van der Waals surface area contributed by atoms with E-state index in [0.29, 0.717) is 0 Å². The van der Waals surface area contributed by atoms with Gasteiger partial charge in [0.15, 0.2) is 0 Å². The molecule has 1 amide bonds. The van der Waals surface area contributed by atoms with Gasteiger partial charge in [0.2, 0.25) is 0 Å². The van der Waals surface area contributed by atoms with E-state index >= 15 is 0 Å². The van der Waals surface area contributed by atoms with Crippen LogP contribution in [0, 0.1) is 0 Å². The number of hydrogen-bond donors (Lipinski definition) is 0. The average Bonchev–Trinajstić information content (AvgIpc) is 2.33. The van der Waals surface area contributed by atoms with E-state index in [4.69, 9.17) is 8.92 Å². The molecule has 0 atom stereocenters. The smallest absolute Gasteiger partial charge is 0.410 e. The summed E-state index contributed by atoms with van der Waals surface area (Å²) in [6.07, 6.45) is 0.833. The molecule has 19 heavy (non-hydrogen) atoms. The minimum atomic E-state index is -0.414. The van der Waals surface area contributed by atoms with Gasteiger partial charge in [0, 0.05) is 53.9 Å². The second-order valence-corrected chi connectivity index (χ2v) is 6.99. The first-order chi connectivity index (χ1) is 8.92.